The van der Waals surface area contributed by atoms with Gasteiger partial charge in [0.25, 0.3) is 0 Å². The second-order valence-electron chi connectivity index (χ2n) is 5.41. The predicted molar refractivity (Wildman–Crippen MR) is 81.3 cm³/mol. The third-order valence-corrected chi connectivity index (χ3v) is 3.20. The molecule has 1 aromatic heterocycles. The second kappa shape index (κ2) is 5.48. The average molecular weight is 275 g/mol. The number of carbonyl (C=O) groups excluding carboxylic acids is 1. The summed E-state index contributed by atoms with van der Waals surface area (Å²) in [6.45, 7) is 4.78. The van der Waals surface area contributed by atoms with E-state index in [1.165, 1.54) is 0 Å². The van der Waals surface area contributed by atoms with Gasteiger partial charge in [0.1, 0.15) is 0 Å². The third kappa shape index (κ3) is 2.45. The lowest BCUT2D eigenvalue weighted by atomic mass is 10.0. The van der Waals surface area contributed by atoms with Crippen LogP contribution in [0.1, 0.15) is 25.5 Å². The van der Waals surface area contributed by atoms with Crippen LogP contribution in [0.5, 0.6) is 0 Å². The van der Waals surface area contributed by atoms with Crippen molar-refractivity contribution in [3.05, 3.63) is 18.0 Å². The number of fused-ring (bicyclic) bond motifs is 1. The lowest BCUT2D eigenvalue weighted by Gasteiger charge is -2.36. The molecule has 6 heteroatoms. The van der Waals surface area contributed by atoms with E-state index in [9.17, 15) is 4.79 Å². The van der Waals surface area contributed by atoms with Crippen LogP contribution >= 0.6 is 0 Å². The first kappa shape index (κ1) is 14.3. The van der Waals surface area contributed by atoms with Crippen molar-refractivity contribution in [2.75, 3.05) is 37.5 Å². The molecular weight excluding hydrogens is 254 g/mol. The molecule has 0 unspecified atom stereocenters. The van der Waals surface area contributed by atoms with Gasteiger partial charge in [0.2, 0.25) is 6.41 Å². The van der Waals surface area contributed by atoms with Gasteiger partial charge in [-0.25, -0.2) is 0 Å². The van der Waals surface area contributed by atoms with Gasteiger partial charge in [-0.3, -0.25) is 14.7 Å². The highest BCUT2D eigenvalue weighted by Gasteiger charge is 2.29. The number of amidine groups is 1. The summed E-state index contributed by atoms with van der Waals surface area (Å²) in [5.74, 6) is 1.01. The molecule has 108 valence electrons. The summed E-state index contributed by atoms with van der Waals surface area (Å²) in [7, 11) is 5.69. The molecule has 1 aliphatic rings. The van der Waals surface area contributed by atoms with Crippen LogP contribution in [0.3, 0.4) is 0 Å². The quantitative estimate of drug-likeness (QED) is 0.619. The van der Waals surface area contributed by atoms with Crippen LogP contribution in [0, 0.1) is 0 Å². The molecule has 2 heterocycles. The molecule has 0 spiro atoms. The van der Waals surface area contributed by atoms with E-state index in [2.05, 4.69) is 28.8 Å². The van der Waals surface area contributed by atoms with Crippen LogP contribution in [0.15, 0.2) is 17.4 Å². The zero-order chi connectivity index (χ0) is 14.9. The van der Waals surface area contributed by atoms with Gasteiger partial charge in [0.05, 0.1) is 23.6 Å². The molecule has 6 nitrogen and oxygen atoms in total. The molecule has 0 fully saturated rings. The minimum Gasteiger partial charge on any atom is -0.364 e. The molecule has 1 amide bonds. The lowest BCUT2D eigenvalue weighted by Crippen LogP contribution is -2.45. The summed E-state index contributed by atoms with van der Waals surface area (Å²) in [5.41, 5.74) is 2.85. The second-order valence-corrected chi connectivity index (χ2v) is 5.41. The smallest absolute Gasteiger partial charge is 0.219 e. The van der Waals surface area contributed by atoms with E-state index >= 15 is 0 Å². The Morgan fingerprint density at radius 2 is 2.15 bits per heavy atom. The Kier molecular flexibility index (Phi) is 3.92. The van der Waals surface area contributed by atoms with Crippen molar-refractivity contribution >= 4 is 23.6 Å². The normalized spacial score (nSPS) is 16.6. The molecule has 0 saturated carbocycles. The number of pyridine rings is 1. The Bertz CT molecular complexity index is 538. The number of rotatable bonds is 3. The van der Waals surface area contributed by atoms with Crippen LogP contribution in [0.25, 0.3) is 0 Å². The molecular formula is C14H21N5O. The van der Waals surface area contributed by atoms with Crippen molar-refractivity contribution in [3.8, 4) is 0 Å². The Hall–Kier alpha value is -2.11. The highest BCUT2D eigenvalue weighted by atomic mass is 16.1. The van der Waals surface area contributed by atoms with Crippen molar-refractivity contribution in [3.63, 3.8) is 0 Å². The minimum absolute atomic E-state index is 0.299. The number of anilines is 2. The van der Waals surface area contributed by atoms with Gasteiger partial charge >= 0.3 is 0 Å². The fourth-order valence-electron chi connectivity index (χ4n) is 2.40. The van der Waals surface area contributed by atoms with Gasteiger partial charge in [-0.2, -0.15) is 5.10 Å². The third-order valence-electron chi connectivity index (χ3n) is 3.20. The number of carbonyl (C=O) groups is 1. The van der Waals surface area contributed by atoms with Gasteiger partial charge < -0.3 is 9.91 Å². The molecule has 1 aliphatic heterocycles. The number of likely N-dealkylation sites (N-methyl/N-ethyl adjacent to an activating group) is 1. The predicted octanol–water partition coefficient (Wildman–Crippen LogP) is 1.49. The molecule has 0 aliphatic carbocycles. The maximum absolute atomic E-state index is 11.5. The number of hydrogen-bond donors (Lipinski definition) is 0. The highest BCUT2D eigenvalue weighted by Crippen LogP contribution is 2.37. The summed E-state index contributed by atoms with van der Waals surface area (Å²) in [5, 5.41) is 6.10. The van der Waals surface area contributed by atoms with Gasteiger partial charge in [0.15, 0.2) is 5.84 Å². The fraction of sp³-hybridized carbons (Fsp3) is 0.500. The monoisotopic (exact) mass is 275 g/mol. The van der Waals surface area contributed by atoms with Crippen LogP contribution < -0.4 is 9.80 Å². The summed E-state index contributed by atoms with van der Waals surface area (Å²) >= 11 is 0. The van der Waals surface area contributed by atoms with E-state index in [4.69, 9.17) is 0 Å². The van der Waals surface area contributed by atoms with E-state index in [-0.39, 0.29) is 0 Å². The van der Waals surface area contributed by atoms with E-state index in [1.807, 2.05) is 27.2 Å². The van der Waals surface area contributed by atoms with Crippen LogP contribution in [0.4, 0.5) is 11.4 Å². The number of hydrazone groups is 1. The van der Waals surface area contributed by atoms with Gasteiger partial charge in [0, 0.05) is 27.3 Å². The van der Waals surface area contributed by atoms with Crippen LogP contribution in [0.2, 0.25) is 0 Å². The topological polar surface area (TPSA) is 52.0 Å². The molecule has 0 saturated heterocycles. The van der Waals surface area contributed by atoms with Gasteiger partial charge in [-0.15, -0.1) is 0 Å². The fourth-order valence-corrected chi connectivity index (χ4v) is 2.40. The standard InChI is InChI=1S/C14H21N5O/c1-10(2)13-14-11(6-7-15-13)19(9-20)12(8-18(14)5)16-17(3)4/h6-7,9-10H,8H2,1-5H3/b16-12-. The molecule has 20 heavy (non-hydrogen) atoms. The number of amides is 1. The van der Waals surface area contributed by atoms with Crippen LogP contribution in [-0.2, 0) is 4.79 Å². The Labute approximate surface area is 119 Å². The summed E-state index contributed by atoms with van der Waals surface area (Å²) in [6.07, 6.45) is 2.56. The minimum atomic E-state index is 0.299. The Morgan fingerprint density at radius 3 is 2.70 bits per heavy atom. The maximum Gasteiger partial charge on any atom is 0.219 e. The van der Waals surface area contributed by atoms with E-state index < -0.39 is 0 Å². The molecule has 0 atom stereocenters. The van der Waals surface area contributed by atoms with Crippen molar-refractivity contribution < 1.29 is 4.79 Å². The maximum atomic E-state index is 11.5. The first-order chi connectivity index (χ1) is 9.45. The SMILES string of the molecule is CC(C)c1nccc2c1N(C)C/C(=N/N(C)C)N2C=O. The number of hydrogen-bond acceptors (Lipinski definition) is 5. The highest BCUT2D eigenvalue weighted by molar-refractivity contribution is 6.16. The molecule has 0 N–H and O–H groups in total. The van der Waals surface area contributed by atoms with E-state index in [0.717, 1.165) is 23.5 Å². The van der Waals surface area contributed by atoms with Crippen molar-refractivity contribution in [1.29, 1.82) is 0 Å². The van der Waals surface area contributed by atoms with E-state index in [0.29, 0.717) is 18.3 Å². The van der Waals surface area contributed by atoms with Gasteiger partial charge in [-0.05, 0) is 12.0 Å². The molecule has 1 aromatic rings. The molecule has 2 rings (SSSR count). The lowest BCUT2D eigenvalue weighted by molar-refractivity contribution is -0.106. The van der Waals surface area contributed by atoms with Crippen molar-refractivity contribution in [2.24, 2.45) is 5.10 Å². The Balaban J connectivity index is 2.59. The first-order valence-electron chi connectivity index (χ1n) is 6.65. The largest absolute Gasteiger partial charge is 0.364 e. The average Bonchev–Trinajstić information content (AvgIpc) is 2.37. The summed E-state index contributed by atoms with van der Waals surface area (Å²) in [6, 6.07) is 1.86. The molecule has 0 radical (unpaired) electrons. The number of aromatic nitrogens is 1. The zero-order valence-electron chi connectivity index (χ0n) is 12.7. The van der Waals surface area contributed by atoms with Crippen LogP contribution in [-0.4, -0.2) is 49.9 Å². The Morgan fingerprint density at radius 1 is 1.45 bits per heavy atom. The van der Waals surface area contributed by atoms with Gasteiger partial charge in [-0.1, -0.05) is 13.8 Å². The summed E-state index contributed by atoms with van der Waals surface area (Å²) < 4.78 is 0. The summed E-state index contributed by atoms with van der Waals surface area (Å²) in [4.78, 5) is 19.6. The van der Waals surface area contributed by atoms with E-state index in [1.54, 1.807) is 16.1 Å². The molecule has 0 aromatic carbocycles. The first-order valence-corrected chi connectivity index (χ1v) is 6.65. The van der Waals surface area contributed by atoms with Crippen molar-refractivity contribution in [1.82, 2.24) is 9.99 Å². The number of nitrogens with zero attached hydrogens (tertiary/aromatic N) is 5. The molecule has 0 bridgehead atoms. The van der Waals surface area contributed by atoms with Crippen molar-refractivity contribution in [2.45, 2.75) is 19.8 Å². The zero-order valence-corrected chi connectivity index (χ0v) is 12.7.